The molecule has 1 aromatic rings. The summed E-state index contributed by atoms with van der Waals surface area (Å²) in [5.74, 6) is -0.671. The molecule has 1 aliphatic heterocycles. The fraction of sp³-hybridized carbons (Fsp3) is 0.545. The molecular weight excluding hydrogens is 265 g/mol. The average Bonchev–Trinajstić information content (AvgIpc) is 2.62. The van der Waals surface area contributed by atoms with Gasteiger partial charge in [-0.2, -0.15) is 0 Å². The molecule has 1 saturated heterocycles. The molecule has 0 saturated carbocycles. The summed E-state index contributed by atoms with van der Waals surface area (Å²) < 4.78 is 10.9. The summed E-state index contributed by atoms with van der Waals surface area (Å²) in [4.78, 5) is 3.88. The van der Waals surface area contributed by atoms with Crippen molar-refractivity contribution < 1.29 is 14.6 Å². The van der Waals surface area contributed by atoms with Crippen LogP contribution < -0.4 is 0 Å². The molecule has 1 aliphatic rings. The van der Waals surface area contributed by atoms with Crippen LogP contribution in [0.25, 0.3) is 0 Å². The molecule has 17 heavy (non-hydrogen) atoms. The number of rotatable bonds is 2. The lowest BCUT2D eigenvalue weighted by molar-refractivity contribution is -0.151. The first kappa shape index (κ1) is 13.1. The van der Waals surface area contributed by atoms with Gasteiger partial charge in [-0.25, -0.2) is 4.98 Å². The molecule has 2 rings (SSSR count). The van der Waals surface area contributed by atoms with Crippen LogP contribution in [0.3, 0.4) is 0 Å². The lowest BCUT2D eigenvalue weighted by Gasteiger charge is -2.20. The number of aliphatic hydroxyl groups is 1. The van der Waals surface area contributed by atoms with Crippen molar-refractivity contribution in [1.82, 2.24) is 4.98 Å². The van der Waals surface area contributed by atoms with Crippen LogP contribution >= 0.6 is 23.2 Å². The zero-order valence-electron chi connectivity index (χ0n) is 9.48. The van der Waals surface area contributed by atoms with Gasteiger partial charge in [0, 0.05) is 11.8 Å². The first-order chi connectivity index (χ1) is 7.89. The van der Waals surface area contributed by atoms with E-state index in [2.05, 4.69) is 4.98 Å². The molecule has 0 aromatic carbocycles. The van der Waals surface area contributed by atoms with Gasteiger partial charge in [-0.05, 0) is 19.9 Å². The molecule has 6 heteroatoms. The molecule has 1 fully saturated rings. The fourth-order valence-electron chi connectivity index (χ4n) is 1.68. The van der Waals surface area contributed by atoms with E-state index in [-0.39, 0.29) is 5.15 Å². The summed E-state index contributed by atoms with van der Waals surface area (Å²) in [6.45, 7) is 3.92. The highest BCUT2D eigenvalue weighted by molar-refractivity contribution is 6.41. The summed E-state index contributed by atoms with van der Waals surface area (Å²) in [5, 5.41) is 10.6. The Morgan fingerprint density at radius 3 is 2.76 bits per heavy atom. The van der Waals surface area contributed by atoms with Crippen molar-refractivity contribution >= 4 is 23.2 Å². The van der Waals surface area contributed by atoms with Gasteiger partial charge in [0.2, 0.25) is 0 Å². The number of hydrogen-bond donors (Lipinski definition) is 1. The van der Waals surface area contributed by atoms with Gasteiger partial charge in [-0.15, -0.1) is 0 Å². The predicted molar refractivity (Wildman–Crippen MR) is 64.1 cm³/mol. The largest absolute Gasteiger partial charge is 0.386 e. The van der Waals surface area contributed by atoms with Gasteiger partial charge in [-0.3, -0.25) is 0 Å². The van der Waals surface area contributed by atoms with Crippen LogP contribution in [0.2, 0.25) is 10.2 Å². The summed E-state index contributed by atoms with van der Waals surface area (Å²) >= 11 is 11.6. The van der Waals surface area contributed by atoms with Crippen molar-refractivity contribution in [3.63, 3.8) is 0 Å². The van der Waals surface area contributed by atoms with E-state index >= 15 is 0 Å². The molecule has 2 atom stereocenters. The molecule has 94 valence electrons. The molecule has 0 radical (unpaired) electrons. The van der Waals surface area contributed by atoms with Gasteiger partial charge < -0.3 is 14.6 Å². The van der Waals surface area contributed by atoms with E-state index in [1.54, 1.807) is 19.9 Å². The molecular formula is C11H13Cl2NO3. The number of nitrogens with zero attached hydrogens (tertiary/aromatic N) is 1. The SMILES string of the molecule is CC1(C)OC[C@@H](C(O)c2cnc(Cl)c(Cl)c2)O1. The highest BCUT2D eigenvalue weighted by Gasteiger charge is 2.37. The summed E-state index contributed by atoms with van der Waals surface area (Å²) in [5.41, 5.74) is 0.561. The zero-order valence-corrected chi connectivity index (χ0v) is 11.0. The standard InChI is InChI=1S/C11H13Cl2NO3/c1-11(2)16-5-8(17-11)9(15)6-3-7(12)10(13)14-4-6/h3-4,8-9,15H,5H2,1-2H3/t8-,9?/m0/s1. The minimum Gasteiger partial charge on any atom is -0.386 e. The van der Waals surface area contributed by atoms with Crippen molar-refractivity contribution in [3.8, 4) is 0 Å². The average molecular weight is 278 g/mol. The molecule has 1 N–H and O–H groups in total. The van der Waals surface area contributed by atoms with Crippen LogP contribution in [0.15, 0.2) is 12.3 Å². The monoisotopic (exact) mass is 277 g/mol. The van der Waals surface area contributed by atoms with Crippen LogP contribution in [0.5, 0.6) is 0 Å². The first-order valence-corrected chi connectivity index (χ1v) is 5.95. The summed E-state index contributed by atoms with van der Waals surface area (Å²) in [6, 6.07) is 1.58. The van der Waals surface area contributed by atoms with E-state index in [0.29, 0.717) is 17.2 Å². The lowest BCUT2D eigenvalue weighted by atomic mass is 10.1. The fourth-order valence-corrected chi connectivity index (χ4v) is 1.96. The van der Waals surface area contributed by atoms with Crippen LogP contribution in [0.4, 0.5) is 0 Å². The van der Waals surface area contributed by atoms with Crippen LogP contribution in [-0.2, 0) is 9.47 Å². The maximum absolute atomic E-state index is 10.1. The third kappa shape index (κ3) is 2.89. The second-order valence-corrected chi connectivity index (χ2v) is 5.12. The number of halogens is 2. The molecule has 4 nitrogen and oxygen atoms in total. The molecule has 0 bridgehead atoms. The quantitative estimate of drug-likeness (QED) is 0.845. The minimum absolute atomic E-state index is 0.214. The van der Waals surface area contributed by atoms with Crippen molar-refractivity contribution in [3.05, 3.63) is 28.0 Å². The number of ether oxygens (including phenoxy) is 2. The van der Waals surface area contributed by atoms with Gasteiger partial charge in [0.25, 0.3) is 0 Å². The topological polar surface area (TPSA) is 51.6 Å². The normalized spacial score (nSPS) is 24.9. The maximum atomic E-state index is 10.1. The lowest BCUT2D eigenvalue weighted by Crippen LogP contribution is -2.25. The van der Waals surface area contributed by atoms with E-state index in [9.17, 15) is 5.11 Å². The Balaban J connectivity index is 2.15. The number of aromatic nitrogens is 1. The van der Waals surface area contributed by atoms with E-state index in [0.717, 1.165) is 0 Å². The predicted octanol–water partition coefficient (Wildman–Crippen LogP) is 2.57. The van der Waals surface area contributed by atoms with Crippen LogP contribution in [0.1, 0.15) is 25.5 Å². The first-order valence-electron chi connectivity index (χ1n) is 5.20. The second-order valence-electron chi connectivity index (χ2n) is 4.35. The third-order valence-electron chi connectivity index (χ3n) is 2.54. The summed E-state index contributed by atoms with van der Waals surface area (Å²) in [7, 11) is 0. The van der Waals surface area contributed by atoms with Gasteiger partial charge in [-0.1, -0.05) is 23.2 Å². The van der Waals surface area contributed by atoms with E-state index in [1.807, 2.05) is 0 Å². The molecule has 1 aromatic heterocycles. The van der Waals surface area contributed by atoms with E-state index in [1.165, 1.54) is 6.20 Å². The third-order valence-corrected chi connectivity index (χ3v) is 3.23. The minimum atomic E-state index is -0.834. The van der Waals surface area contributed by atoms with Gasteiger partial charge in [0.1, 0.15) is 17.4 Å². The van der Waals surface area contributed by atoms with Crippen molar-refractivity contribution in [2.24, 2.45) is 0 Å². The van der Waals surface area contributed by atoms with Gasteiger partial charge in [0.05, 0.1) is 11.6 Å². The Labute approximate surface area is 109 Å². The van der Waals surface area contributed by atoms with Gasteiger partial charge >= 0.3 is 0 Å². The van der Waals surface area contributed by atoms with Crippen molar-refractivity contribution in [1.29, 1.82) is 0 Å². The number of hydrogen-bond acceptors (Lipinski definition) is 4. The Morgan fingerprint density at radius 2 is 2.24 bits per heavy atom. The van der Waals surface area contributed by atoms with Crippen LogP contribution in [-0.4, -0.2) is 28.6 Å². The second kappa shape index (κ2) is 4.71. The van der Waals surface area contributed by atoms with E-state index < -0.39 is 18.0 Å². The molecule has 0 aliphatic carbocycles. The number of aliphatic hydroxyl groups excluding tert-OH is 1. The zero-order chi connectivity index (χ0) is 12.6. The van der Waals surface area contributed by atoms with Crippen LogP contribution in [0, 0.1) is 0 Å². The number of pyridine rings is 1. The maximum Gasteiger partial charge on any atom is 0.163 e. The van der Waals surface area contributed by atoms with E-state index in [4.69, 9.17) is 32.7 Å². The van der Waals surface area contributed by atoms with Crippen molar-refractivity contribution in [2.75, 3.05) is 6.61 Å². The smallest absolute Gasteiger partial charge is 0.163 e. The summed E-state index contributed by atoms with van der Waals surface area (Å²) in [6.07, 6.45) is 0.219. The molecule has 2 heterocycles. The Kier molecular flexibility index (Phi) is 3.61. The Morgan fingerprint density at radius 1 is 1.53 bits per heavy atom. The highest BCUT2D eigenvalue weighted by Crippen LogP contribution is 2.32. The van der Waals surface area contributed by atoms with Gasteiger partial charge in [0.15, 0.2) is 5.79 Å². The Hall–Kier alpha value is -0.390. The highest BCUT2D eigenvalue weighted by atomic mass is 35.5. The Bertz CT molecular complexity index is 425. The molecule has 0 spiro atoms. The molecule has 0 amide bonds. The molecule has 1 unspecified atom stereocenters. The van der Waals surface area contributed by atoms with Crippen molar-refractivity contribution in [2.45, 2.75) is 31.8 Å².